The normalized spacial score (nSPS) is 25.1. The molecule has 0 aliphatic heterocycles. The number of halogens is 1. The Kier molecular flexibility index (Phi) is 11.7. The van der Waals surface area contributed by atoms with Gasteiger partial charge in [-0.3, -0.25) is 13.2 Å². The second kappa shape index (κ2) is 11.4. The van der Waals surface area contributed by atoms with Gasteiger partial charge < -0.3 is 18.8 Å². The molecule has 0 saturated carbocycles. The van der Waals surface area contributed by atoms with Crippen LogP contribution in [0.2, 0.25) is 0 Å². The van der Waals surface area contributed by atoms with Gasteiger partial charge in [-0.2, -0.15) is 0 Å². The van der Waals surface area contributed by atoms with E-state index in [4.69, 9.17) is 4.74 Å². The van der Waals surface area contributed by atoms with Crippen molar-refractivity contribution in [3.05, 3.63) is 34.6 Å². The topological polar surface area (TPSA) is 175 Å². The van der Waals surface area contributed by atoms with Gasteiger partial charge in [0.2, 0.25) is 20.8 Å². The van der Waals surface area contributed by atoms with Crippen LogP contribution in [0.15, 0.2) is 29.0 Å². The number of nitrogens with one attached hydrogen (secondary N) is 1. The maximum atomic E-state index is 11.4. The number of aromatic nitrogens is 1. The van der Waals surface area contributed by atoms with E-state index in [2.05, 4.69) is 29.3 Å². The first-order chi connectivity index (χ1) is 11.9. The molecule has 4 atom stereocenters. The van der Waals surface area contributed by atoms with Crippen LogP contribution in [0.5, 0.6) is 0 Å². The van der Waals surface area contributed by atoms with Crippen LogP contribution in [0.1, 0.15) is 18.4 Å². The quantitative estimate of drug-likeness (QED) is 0.165. The number of hydrogen-bond donors (Lipinski definition) is 1. The SMILES string of the molecule is CC(=O)O[C@H]1[C@H](OS(=O)(=O)[O-])[C@H](OS(=O)(=O)[O-])C(Br)=C[C@@H]1c1cc[nH]c1.[Na+].[Na+]. The minimum Gasteiger partial charge on any atom is -0.726 e. The minimum absolute atomic E-state index is 0. The van der Waals surface area contributed by atoms with E-state index < -0.39 is 51.0 Å². The maximum Gasteiger partial charge on any atom is 1.00 e. The van der Waals surface area contributed by atoms with Crippen molar-refractivity contribution in [1.29, 1.82) is 0 Å². The zero-order valence-corrected chi connectivity index (χ0v) is 22.1. The molecule has 1 N–H and O–H groups in total. The summed E-state index contributed by atoms with van der Waals surface area (Å²) in [5.41, 5.74) is 0.508. The van der Waals surface area contributed by atoms with Crippen molar-refractivity contribution in [2.75, 3.05) is 0 Å². The Bertz CT molecular complexity index is 903. The molecule has 0 aromatic carbocycles. The third-order valence-corrected chi connectivity index (χ3v) is 4.96. The Morgan fingerprint density at radius 2 is 1.68 bits per heavy atom. The molecule has 2 rings (SSSR count). The zero-order valence-electron chi connectivity index (χ0n) is 14.9. The van der Waals surface area contributed by atoms with Gasteiger partial charge in [0.15, 0.2) is 0 Å². The van der Waals surface area contributed by atoms with E-state index in [-0.39, 0.29) is 63.6 Å². The molecule has 0 spiro atoms. The molecule has 0 bridgehead atoms. The van der Waals surface area contributed by atoms with E-state index in [1.807, 2.05) is 0 Å². The summed E-state index contributed by atoms with van der Waals surface area (Å²) in [5.74, 6) is -1.69. The summed E-state index contributed by atoms with van der Waals surface area (Å²) in [5, 5.41) is 0. The third-order valence-electron chi connectivity index (χ3n) is 3.35. The number of carbonyl (C=O) groups excluding carboxylic acids is 1. The van der Waals surface area contributed by atoms with Gasteiger partial charge in [-0.25, -0.2) is 16.8 Å². The van der Waals surface area contributed by atoms with Crippen LogP contribution >= 0.6 is 15.9 Å². The van der Waals surface area contributed by atoms with Crippen LogP contribution in [-0.4, -0.2) is 55.2 Å². The molecular formula is C12H12BrNNa2O10S2. The van der Waals surface area contributed by atoms with Crippen molar-refractivity contribution in [2.45, 2.75) is 31.2 Å². The van der Waals surface area contributed by atoms with Crippen LogP contribution in [0.25, 0.3) is 0 Å². The van der Waals surface area contributed by atoms with Crippen LogP contribution < -0.4 is 59.1 Å². The fourth-order valence-corrected chi connectivity index (χ4v) is 4.24. The number of ether oxygens (including phenoxy) is 1. The summed E-state index contributed by atoms with van der Waals surface area (Å²) >= 11 is 2.98. The maximum absolute atomic E-state index is 11.4. The second-order valence-electron chi connectivity index (χ2n) is 5.19. The molecule has 16 heteroatoms. The molecule has 0 unspecified atom stereocenters. The number of H-pyrrole nitrogens is 1. The van der Waals surface area contributed by atoms with Gasteiger partial charge in [0.1, 0.15) is 18.3 Å². The van der Waals surface area contributed by atoms with Gasteiger partial charge in [0.05, 0.1) is 0 Å². The van der Waals surface area contributed by atoms with Crippen LogP contribution in [0.4, 0.5) is 0 Å². The largest absolute Gasteiger partial charge is 1.00 e. The Balaban J connectivity index is 0.00000364. The molecule has 1 aromatic rings. The van der Waals surface area contributed by atoms with Crippen molar-refractivity contribution >= 4 is 42.7 Å². The van der Waals surface area contributed by atoms with E-state index in [0.717, 1.165) is 6.92 Å². The van der Waals surface area contributed by atoms with E-state index in [0.29, 0.717) is 5.56 Å². The van der Waals surface area contributed by atoms with Crippen molar-refractivity contribution in [3.8, 4) is 0 Å². The predicted molar refractivity (Wildman–Crippen MR) is 85.2 cm³/mol. The Labute approximate surface area is 214 Å². The number of carbonyl (C=O) groups is 1. The summed E-state index contributed by atoms with van der Waals surface area (Å²) in [7, 11) is -10.7. The summed E-state index contributed by atoms with van der Waals surface area (Å²) in [6.45, 7) is 1.02. The number of esters is 1. The molecule has 1 aromatic heterocycles. The van der Waals surface area contributed by atoms with Gasteiger partial charge >= 0.3 is 65.1 Å². The summed E-state index contributed by atoms with van der Waals surface area (Å²) in [4.78, 5) is 14.2. The first kappa shape index (κ1) is 28.7. The van der Waals surface area contributed by atoms with Gasteiger partial charge in [-0.05, 0) is 11.6 Å². The summed E-state index contributed by atoms with van der Waals surface area (Å²) in [6, 6.07) is 1.58. The van der Waals surface area contributed by atoms with Gasteiger partial charge in [0, 0.05) is 29.7 Å². The number of hydrogen-bond acceptors (Lipinski definition) is 10. The molecule has 0 fully saturated rings. The fourth-order valence-electron chi connectivity index (χ4n) is 2.53. The van der Waals surface area contributed by atoms with Crippen molar-refractivity contribution < 1.29 is 103 Å². The zero-order chi connectivity index (χ0) is 19.7. The first-order valence-electron chi connectivity index (χ1n) is 6.83. The number of aromatic amines is 1. The molecule has 1 aliphatic rings. The molecule has 1 aliphatic carbocycles. The monoisotopic (exact) mass is 519 g/mol. The van der Waals surface area contributed by atoms with Crippen LogP contribution in [0, 0.1) is 0 Å². The molecule has 146 valence electrons. The standard InChI is InChI=1S/C12H14BrNO10S2.2Na/c1-6(15)22-10-8(7-2-3-14-5-7)4-9(13)11(23-25(16,17)18)12(10)24-26(19,20)21;;/h2-5,8,10-12,14H,1H3,(H,16,17,18)(H,19,20,21);;/q;2*+1/p-2/t8-,10-,11-,12+;;/m1../s1. The van der Waals surface area contributed by atoms with Crippen molar-refractivity contribution in [1.82, 2.24) is 4.98 Å². The fraction of sp³-hybridized carbons (Fsp3) is 0.417. The average Bonchev–Trinajstić information content (AvgIpc) is 2.96. The Morgan fingerprint density at radius 1 is 1.11 bits per heavy atom. The molecular weight excluding hydrogens is 508 g/mol. The van der Waals surface area contributed by atoms with E-state index >= 15 is 0 Å². The average molecular weight is 520 g/mol. The Morgan fingerprint density at radius 3 is 2.11 bits per heavy atom. The first-order valence-corrected chi connectivity index (χ1v) is 10.3. The molecule has 28 heavy (non-hydrogen) atoms. The van der Waals surface area contributed by atoms with Crippen molar-refractivity contribution in [3.63, 3.8) is 0 Å². The summed E-state index contributed by atoms with van der Waals surface area (Å²) in [6.07, 6.45) is -0.853. The summed E-state index contributed by atoms with van der Waals surface area (Å²) < 4.78 is 79.9. The molecule has 0 amide bonds. The molecule has 0 radical (unpaired) electrons. The van der Waals surface area contributed by atoms with Crippen molar-refractivity contribution in [2.24, 2.45) is 0 Å². The van der Waals surface area contributed by atoms with E-state index in [1.165, 1.54) is 18.5 Å². The Hall–Kier alpha value is 0.710. The van der Waals surface area contributed by atoms with Crippen LogP contribution in [-0.2, 0) is 38.7 Å². The van der Waals surface area contributed by atoms with E-state index in [9.17, 15) is 30.7 Å². The molecule has 11 nitrogen and oxygen atoms in total. The smallest absolute Gasteiger partial charge is 0.726 e. The molecule has 1 heterocycles. The molecule has 0 saturated heterocycles. The second-order valence-corrected chi connectivity index (χ2v) is 8.12. The van der Waals surface area contributed by atoms with Gasteiger partial charge in [-0.1, -0.05) is 22.0 Å². The van der Waals surface area contributed by atoms with Gasteiger partial charge in [-0.15, -0.1) is 0 Å². The third kappa shape index (κ3) is 8.45. The predicted octanol–water partition coefficient (Wildman–Crippen LogP) is -5.98. The van der Waals surface area contributed by atoms with E-state index in [1.54, 1.807) is 6.07 Å². The van der Waals surface area contributed by atoms with Gasteiger partial charge in [0.25, 0.3) is 0 Å². The number of rotatable bonds is 6. The minimum atomic E-state index is -5.37. The van der Waals surface area contributed by atoms with Crippen LogP contribution in [0.3, 0.4) is 0 Å².